The fraction of sp³-hybridized carbons (Fsp3) is 0.0588. The van der Waals surface area contributed by atoms with E-state index in [9.17, 15) is 0 Å². The summed E-state index contributed by atoms with van der Waals surface area (Å²) in [5.74, 6) is 1.38. The Bertz CT molecular complexity index is 1040. The van der Waals surface area contributed by atoms with E-state index in [2.05, 4.69) is 15.3 Å². The van der Waals surface area contributed by atoms with Gasteiger partial charge in [0.1, 0.15) is 11.3 Å². The molecule has 120 valence electrons. The molecule has 0 atom stereocenters. The molecule has 5 nitrogen and oxygen atoms in total. The second-order valence-electron chi connectivity index (χ2n) is 5.19. The minimum atomic E-state index is 0.525. The van der Waals surface area contributed by atoms with Crippen LogP contribution in [-0.4, -0.2) is 21.5 Å². The highest BCUT2D eigenvalue weighted by atomic mass is 35.5. The summed E-state index contributed by atoms with van der Waals surface area (Å²) in [4.78, 5) is 8.91. The van der Waals surface area contributed by atoms with Crippen molar-refractivity contribution in [2.45, 2.75) is 0 Å². The fourth-order valence-corrected chi connectivity index (χ4v) is 3.08. The van der Waals surface area contributed by atoms with Crippen molar-refractivity contribution in [1.82, 2.24) is 14.4 Å². The molecule has 0 amide bonds. The van der Waals surface area contributed by atoms with Crippen LogP contribution < -0.4 is 10.1 Å². The number of rotatable bonds is 3. The van der Waals surface area contributed by atoms with Crippen molar-refractivity contribution >= 4 is 51.3 Å². The lowest BCUT2D eigenvalue weighted by molar-refractivity contribution is 0.415. The van der Waals surface area contributed by atoms with E-state index in [0.717, 1.165) is 22.3 Å². The number of fused-ring (bicyclic) bond motifs is 3. The number of nitrogens with one attached hydrogen (secondary N) is 1. The second kappa shape index (κ2) is 5.85. The van der Waals surface area contributed by atoms with Crippen LogP contribution >= 0.6 is 23.2 Å². The summed E-state index contributed by atoms with van der Waals surface area (Å²) in [5.41, 5.74) is 3.13. The molecule has 0 radical (unpaired) electrons. The first kappa shape index (κ1) is 15.1. The van der Waals surface area contributed by atoms with Crippen LogP contribution in [-0.2, 0) is 0 Å². The van der Waals surface area contributed by atoms with Gasteiger partial charge in [0, 0.05) is 6.07 Å². The molecule has 2 aromatic heterocycles. The van der Waals surface area contributed by atoms with E-state index in [1.54, 1.807) is 37.8 Å². The molecule has 1 N–H and O–H groups in total. The maximum Gasteiger partial charge on any atom is 0.157 e. The maximum atomic E-state index is 6.25. The maximum absolute atomic E-state index is 6.25. The van der Waals surface area contributed by atoms with Crippen molar-refractivity contribution in [2.75, 3.05) is 12.4 Å². The molecule has 0 bridgehead atoms. The highest BCUT2D eigenvalue weighted by molar-refractivity contribution is 6.39. The SMILES string of the molecule is COc1ccc2nc(Nc3c(Cl)cccc3Cl)c3cncn3c2c1. The number of anilines is 2. The van der Waals surface area contributed by atoms with Crippen LogP contribution in [0, 0.1) is 0 Å². The third-order valence-corrected chi connectivity index (χ3v) is 4.39. The first-order chi connectivity index (χ1) is 11.7. The number of benzene rings is 2. The van der Waals surface area contributed by atoms with Crippen LogP contribution in [0.1, 0.15) is 0 Å². The number of nitrogens with zero attached hydrogens (tertiary/aromatic N) is 3. The van der Waals surface area contributed by atoms with Crippen LogP contribution in [0.25, 0.3) is 16.6 Å². The Hall–Kier alpha value is -2.50. The zero-order valence-electron chi connectivity index (χ0n) is 12.6. The van der Waals surface area contributed by atoms with Gasteiger partial charge in [-0.25, -0.2) is 9.97 Å². The highest BCUT2D eigenvalue weighted by Crippen LogP contribution is 2.34. The molecule has 2 aromatic carbocycles. The monoisotopic (exact) mass is 358 g/mol. The summed E-state index contributed by atoms with van der Waals surface area (Å²) >= 11 is 12.5. The van der Waals surface area contributed by atoms with Crippen LogP contribution in [0.15, 0.2) is 48.9 Å². The van der Waals surface area contributed by atoms with E-state index in [1.165, 1.54) is 0 Å². The third-order valence-electron chi connectivity index (χ3n) is 3.76. The molecule has 0 spiro atoms. The molecule has 0 saturated carbocycles. The van der Waals surface area contributed by atoms with Crippen LogP contribution in [0.3, 0.4) is 0 Å². The number of para-hydroxylation sites is 1. The molecule has 0 aliphatic rings. The molecule has 7 heteroatoms. The van der Waals surface area contributed by atoms with Gasteiger partial charge < -0.3 is 10.1 Å². The van der Waals surface area contributed by atoms with Gasteiger partial charge in [0.2, 0.25) is 0 Å². The van der Waals surface area contributed by atoms with Gasteiger partial charge in [-0.2, -0.15) is 0 Å². The molecular formula is C17H12Cl2N4O. The van der Waals surface area contributed by atoms with E-state index in [1.807, 2.05) is 22.6 Å². The molecule has 0 unspecified atom stereocenters. The first-order valence-corrected chi connectivity index (χ1v) is 7.94. The average molecular weight is 359 g/mol. The number of halogens is 2. The van der Waals surface area contributed by atoms with E-state index in [0.29, 0.717) is 21.6 Å². The topological polar surface area (TPSA) is 51.5 Å². The third kappa shape index (κ3) is 2.42. The number of hydrogen-bond acceptors (Lipinski definition) is 4. The first-order valence-electron chi connectivity index (χ1n) is 7.18. The zero-order valence-corrected chi connectivity index (χ0v) is 14.1. The predicted octanol–water partition coefficient (Wildman–Crippen LogP) is 4.94. The lowest BCUT2D eigenvalue weighted by Gasteiger charge is -2.13. The Kier molecular flexibility index (Phi) is 3.67. The van der Waals surface area contributed by atoms with E-state index in [-0.39, 0.29) is 0 Å². The van der Waals surface area contributed by atoms with Crippen molar-refractivity contribution < 1.29 is 4.74 Å². The summed E-state index contributed by atoms with van der Waals surface area (Å²) in [5, 5.41) is 4.27. The van der Waals surface area contributed by atoms with Gasteiger partial charge in [-0.3, -0.25) is 4.40 Å². The Morgan fingerprint density at radius 2 is 1.88 bits per heavy atom. The summed E-state index contributed by atoms with van der Waals surface area (Å²) in [6, 6.07) is 11.0. The highest BCUT2D eigenvalue weighted by Gasteiger charge is 2.13. The summed E-state index contributed by atoms with van der Waals surface area (Å²) in [6.45, 7) is 0. The van der Waals surface area contributed by atoms with Gasteiger partial charge >= 0.3 is 0 Å². The Labute approximate surface area is 147 Å². The number of imidazole rings is 1. The van der Waals surface area contributed by atoms with E-state index >= 15 is 0 Å². The van der Waals surface area contributed by atoms with Crippen molar-refractivity contribution in [3.63, 3.8) is 0 Å². The second-order valence-corrected chi connectivity index (χ2v) is 6.00. The smallest absolute Gasteiger partial charge is 0.157 e. The van der Waals surface area contributed by atoms with Crippen molar-refractivity contribution in [3.8, 4) is 5.75 Å². The van der Waals surface area contributed by atoms with E-state index in [4.69, 9.17) is 27.9 Å². The molecule has 0 aliphatic carbocycles. The molecule has 2 heterocycles. The quantitative estimate of drug-likeness (QED) is 0.563. The molecule has 24 heavy (non-hydrogen) atoms. The lowest BCUT2D eigenvalue weighted by atomic mass is 10.2. The number of aromatic nitrogens is 3. The minimum Gasteiger partial charge on any atom is -0.497 e. The predicted molar refractivity (Wildman–Crippen MR) is 96.8 cm³/mol. The van der Waals surface area contributed by atoms with Gasteiger partial charge in [-0.15, -0.1) is 0 Å². The number of methoxy groups -OCH3 is 1. The van der Waals surface area contributed by atoms with Crippen molar-refractivity contribution in [1.29, 1.82) is 0 Å². The molecule has 0 fully saturated rings. The van der Waals surface area contributed by atoms with Gasteiger partial charge in [0.05, 0.1) is 46.4 Å². The van der Waals surface area contributed by atoms with Gasteiger partial charge in [-0.05, 0) is 24.3 Å². The number of ether oxygens (including phenoxy) is 1. The molecule has 0 saturated heterocycles. The fourth-order valence-electron chi connectivity index (χ4n) is 2.59. The molecule has 0 aliphatic heterocycles. The molecule has 4 aromatic rings. The van der Waals surface area contributed by atoms with Gasteiger partial charge in [-0.1, -0.05) is 29.3 Å². The van der Waals surface area contributed by atoms with Crippen molar-refractivity contribution in [3.05, 3.63) is 59.0 Å². The Morgan fingerprint density at radius 1 is 1.08 bits per heavy atom. The normalized spacial score (nSPS) is 11.1. The summed E-state index contributed by atoms with van der Waals surface area (Å²) in [7, 11) is 1.63. The van der Waals surface area contributed by atoms with Gasteiger partial charge in [0.15, 0.2) is 5.82 Å². The Morgan fingerprint density at radius 3 is 2.62 bits per heavy atom. The zero-order chi connectivity index (χ0) is 16.7. The standard InChI is InChI=1S/C17H12Cl2N4O/c1-24-10-5-6-13-14(7-10)23-9-20-8-15(23)17(21-13)22-16-11(18)3-2-4-12(16)19/h2-9H,1H3,(H,21,22). The van der Waals surface area contributed by atoms with Crippen LogP contribution in [0.5, 0.6) is 5.75 Å². The minimum absolute atomic E-state index is 0.525. The van der Waals surface area contributed by atoms with Gasteiger partial charge in [0.25, 0.3) is 0 Å². The summed E-state index contributed by atoms with van der Waals surface area (Å²) < 4.78 is 7.24. The Balaban J connectivity index is 1.93. The largest absolute Gasteiger partial charge is 0.497 e. The molecular weight excluding hydrogens is 347 g/mol. The van der Waals surface area contributed by atoms with E-state index < -0.39 is 0 Å². The van der Waals surface area contributed by atoms with Crippen LogP contribution in [0.2, 0.25) is 10.0 Å². The summed E-state index contributed by atoms with van der Waals surface area (Å²) in [6.07, 6.45) is 3.47. The average Bonchev–Trinajstić information content (AvgIpc) is 3.08. The molecule has 4 rings (SSSR count). The number of hydrogen-bond donors (Lipinski definition) is 1. The van der Waals surface area contributed by atoms with Crippen LogP contribution in [0.4, 0.5) is 11.5 Å². The van der Waals surface area contributed by atoms with Crippen molar-refractivity contribution in [2.24, 2.45) is 0 Å². The lowest BCUT2D eigenvalue weighted by Crippen LogP contribution is -2.00.